The van der Waals surface area contributed by atoms with Gasteiger partial charge in [0, 0.05) is 32.5 Å². The second-order valence-electron chi connectivity index (χ2n) is 12.1. The van der Waals surface area contributed by atoms with Gasteiger partial charge < -0.3 is 9.97 Å². The van der Waals surface area contributed by atoms with Crippen LogP contribution in [-0.4, -0.2) is 18.0 Å². The smallest absolute Gasteiger partial charge is 0.0798 e. The second kappa shape index (κ2) is 14.8. The molecule has 0 atom stereocenters. The third kappa shape index (κ3) is 8.22. The van der Waals surface area contributed by atoms with E-state index in [1.165, 1.54) is 48.8 Å². The first-order valence-corrected chi connectivity index (χ1v) is 18.3. The van der Waals surface area contributed by atoms with E-state index in [1.54, 1.807) is 10.8 Å². The van der Waals surface area contributed by atoms with Crippen molar-refractivity contribution in [3.8, 4) is 33.6 Å². The van der Waals surface area contributed by atoms with Gasteiger partial charge in [0.05, 0.1) is 8.07 Å². The summed E-state index contributed by atoms with van der Waals surface area (Å²) in [4.78, 5) is 9.26. The molecule has 0 saturated heterocycles. The molecule has 0 bridgehead atoms. The molecule has 0 amide bonds. The molecule has 0 unspecified atom stereocenters. The van der Waals surface area contributed by atoms with Gasteiger partial charge >= 0.3 is 0 Å². The number of hydrogen-bond acceptors (Lipinski definition) is 2. The number of aromatic nitrogens is 2. The largest absolute Gasteiger partial charge is 0.305 e. The third-order valence-corrected chi connectivity index (χ3v) is 10.0. The van der Waals surface area contributed by atoms with Gasteiger partial charge in [-0.15, -0.1) is 71.8 Å². The van der Waals surface area contributed by atoms with Crippen LogP contribution >= 0.6 is 0 Å². The number of hydrogen-bond donors (Lipinski definition) is 0. The van der Waals surface area contributed by atoms with Crippen LogP contribution in [-0.2, 0) is 26.5 Å². The zero-order chi connectivity index (χ0) is 28.7. The zero-order valence-electron chi connectivity index (χ0n) is 25.2. The van der Waals surface area contributed by atoms with E-state index in [4.69, 9.17) is 4.98 Å². The Labute approximate surface area is 267 Å². The van der Waals surface area contributed by atoms with Crippen LogP contribution in [0.4, 0.5) is 0 Å². The molecule has 6 rings (SSSR count). The van der Waals surface area contributed by atoms with E-state index in [-0.39, 0.29) is 20.1 Å². The zero-order valence-corrected chi connectivity index (χ0v) is 28.6. The van der Waals surface area contributed by atoms with E-state index in [0.29, 0.717) is 0 Å². The minimum absolute atomic E-state index is 0. The Balaban J connectivity index is 0.000000190. The normalized spacial score (nSPS) is 13.1. The Morgan fingerprint density at radius 1 is 0.738 bits per heavy atom. The standard InChI is InChI=1S/C20H26NSi.C18H14N.Ir/c1-22(2,3)20-15-21-19(17-11-5-4-6-12-17)14-18(20)13-16-9-7-8-10-16;1-14-13-19-18(16-10-6-3-7-11-16)12-17(14)15-8-4-2-5-9-15;/h4-6,11,14-16H,7-10,13H2,1-3H3;2-10,12-13H,1H3;/q2*-1;. The summed E-state index contributed by atoms with van der Waals surface area (Å²) in [6.45, 7) is 9.37. The van der Waals surface area contributed by atoms with Crippen LogP contribution in [0.1, 0.15) is 36.8 Å². The summed E-state index contributed by atoms with van der Waals surface area (Å²) in [7, 11) is -1.35. The van der Waals surface area contributed by atoms with Crippen LogP contribution in [0.5, 0.6) is 0 Å². The maximum atomic E-state index is 4.75. The maximum absolute atomic E-state index is 4.75. The summed E-state index contributed by atoms with van der Waals surface area (Å²) in [6, 6.07) is 37.5. The predicted octanol–water partition coefficient (Wildman–Crippen LogP) is 9.35. The van der Waals surface area contributed by atoms with Gasteiger partial charge in [0.1, 0.15) is 0 Å². The molecule has 2 aromatic heterocycles. The predicted molar refractivity (Wildman–Crippen MR) is 176 cm³/mol. The van der Waals surface area contributed by atoms with Crippen molar-refractivity contribution < 1.29 is 20.1 Å². The molecular weight excluding hydrogens is 705 g/mol. The molecule has 1 aliphatic carbocycles. The number of benzene rings is 3. The molecule has 5 aromatic rings. The quantitative estimate of drug-likeness (QED) is 0.128. The molecule has 2 heterocycles. The van der Waals surface area contributed by atoms with Gasteiger partial charge in [-0.1, -0.05) is 93.4 Å². The molecule has 0 spiro atoms. The van der Waals surface area contributed by atoms with Crippen molar-refractivity contribution in [2.24, 2.45) is 5.92 Å². The van der Waals surface area contributed by atoms with E-state index in [1.807, 2.05) is 48.7 Å². The van der Waals surface area contributed by atoms with Gasteiger partial charge in [-0.25, -0.2) is 0 Å². The molecule has 3 aromatic carbocycles. The Bertz CT molecular complexity index is 1540. The summed E-state index contributed by atoms with van der Waals surface area (Å²) in [6.07, 6.45) is 11.0. The van der Waals surface area contributed by atoms with Gasteiger partial charge in [0.2, 0.25) is 0 Å². The first kappa shape index (κ1) is 31.8. The van der Waals surface area contributed by atoms with E-state index < -0.39 is 8.07 Å². The van der Waals surface area contributed by atoms with Crippen LogP contribution < -0.4 is 5.19 Å². The molecule has 0 N–H and O–H groups in total. The van der Waals surface area contributed by atoms with Crippen molar-refractivity contribution in [1.29, 1.82) is 0 Å². The SMILES string of the molecule is C[Si](C)(C)c1cnc(-c2[c-]cccc2)cc1CC1CCCC1.Cc1cnc(-c2[c-]cccc2)cc1-c1ccccc1.[Ir]. The summed E-state index contributed by atoms with van der Waals surface area (Å²) < 4.78 is 0. The summed E-state index contributed by atoms with van der Waals surface area (Å²) in [5.74, 6) is 0.880. The monoisotopic (exact) mass is 745 g/mol. The minimum atomic E-state index is -1.35. The van der Waals surface area contributed by atoms with Crippen LogP contribution in [0.3, 0.4) is 0 Å². The van der Waals surface area contributed by atoms with Gasteiger partial charge in [0.15, 0.2) is 0 Å². The third-order valence-electron chi connectivity index (χ3n) is 7.94. The van der Waals surface area contributed by atoms with Crippen LogP contribution in [0.2, 0.25) is 19.6 Å². The van der Waals surface area contributed by atoms with Crippen molar-refractivity contribution in [3.05, 3.63) is 127 Å². The molecule has 1 aliphatic rings. The number of aryl methyl sites for hydroxylation is 1. The number of pyridine rings is 2. The fourth-order valence-corrected chi connectivity index (χ4v) is 7.31. The number of nitrogens with zero attached hydrogens (tertiary/aromatic N) is 2. The molecule has 0 aliphatic heterocycles. The molecule has 217 valence electrons. The average Bonchev–Trinajstić information content (AvgIpc) is 3.52. The fraction of sp³-hybridized carbons (Fsp3) is 0.263. The van der Waals surface area contributed by atoms with Gasteiger partial charge in [-0.05, 0) is 52.5 Å². The van der Waals surface area contributed by atoms with E-state index >= 15 is 0 Å². The Kier molecular flexibility index (Phi) is 11.2. The summed E-state index contributed by atoms with van der Waals surface area (Å²) in [5.41, 5.74) is 9.36. The van der Waals surface area contributed by atoms with Crippen LogP contribution in [0, 0.1) is 25.0 Å². The molecule has 1 radical (unpaired) electrons. The molecule has 4 heteroatoms. The first-order valence-electron chi connectivity index (χ1n) is 14.8. The van der Waals surface area contributed by atoms with Crippen LogP contribution in [0.15, 0.2) is 103 Å². The first-order chi connectivity index (χ1) is 19.9. The van der Waals surface area contributed by atoms with E-state index in [0.717, 1.165) is 28.4 Å². The van der Waals surface area contributed by atoms with Crippen molar-refractivity contribution in [2.75, 3.05) is 0 Å². The average molecular weight is 745 g/mol. The molecular formula is C38H40IrN2Si-2. The summed E-state index contributed by atoms with van der Waals surface area (Å²) >= 11 is 0. The molecule has 42 heavy (non-hydrogen) atoms. The fourth-order valence-electron chi connectivity index (χ4n) is 5.72. The van der Waals surface area contributed by atoms with Crippen LogP contribution in [0.25, 0.3) is 33.6 Å². The Morgan fingerprint density at radius 3 is 1.88 bits per heavy atom. The van der Waals surface area contributed by atoms with Gasteiger partial charge in [-0.3, -0.25) is 0 Å². The Morgan fingerprint density at radius 2 is 1.31 bits per heavy atom. The van der Waals surface area contributed by atoms with Crippen molar-refractivity contribution in [3.63, 3.8) is 0 Å². The van der Waals surface area contributed by atoms with E-state index in [9.17, 15) is 0 Å². The van der Waals surface area contributed by atoms with E-state index in [2.05, 4.69) is 98.4 Å². The minimum Gasteiger partial charge on any atom is -0.305 e. The molecule has 1 saturated carbocycles. The Hall–Kier alpha value is -3.17. The number of rotatable bonds is 6. The van der Waals surface area contributed by atoms with Crippen molar-refractivity contribution >= 4 is 13.3 Å². The molecule has 1 fully saturated rings. The summed E-state index contributed by atoms with van der Waals surface area (Å²) in [5, 5.41) is 1.54. The topological polar surface area (TPSA) is 25.8 Å². The maximum Gasteiger partial charge on any atom is 0.0798 e. The molecule has 2 nitrogen and oxygen atoms in total. The van der Waals surface area contributed by atoms with Crippen molar-refractivity contribution in [1.82, 2.24) is 9.97 Å². The van der Waals surface area contributed by atoms with Gasteiger partial charge in [0.25, 0.3) is 0 Å². The van der Waals surface area contributed by atoms with Crippen molar-refractivity contribution in [2.45, 2.75) is 58.7 Å². The van der Waals surface area contributed by atoms with Gasteiger partial charge in [-0.2, -0.15) is 0 Å². The second-order valence-corrected chi connectivity index (χ2v) is 17.2.